The van der Waals surface area contributed by atoms with Crippen LogP contribution in [0.5, 0.6) is 0 Å². The number of benzene rings is 1. The van der Waals surface area contributed by atoms with Gasteiger partial charge in [-0.25, -0.2) is 0 Å². The fraction of sp³-hybridized carbons (Fsp3) is 0.278. The first-order valence-corrected chi connectivity index (χ1v) is 10.4. The molecule has 2 heterocycles. The molecule has 0 aliphatic rings. The predicted octanol–water partition coefficient (Wildman–Crippen LogP) is 4.45. The molecular formula is C18H17BrN2O3S2. The minimum Gasteiger partial charge on any atom is -0.465 e. The Morgan fingerprint density at radius 1 is 1.19 bits per heavy atom. The summed E-state index contributed by atoms with van der Waals surface area (Å²) in [5, 5.41) is 0. The Balaban J connectivity index is 2.14. The molecule has 1 aromatic carbocycles. The second kappa shape index (κ2) is 7.85. The zero-order valence-corrected chi connectivity index (χ0v) is 17.8. The first kappa shape index (κ1) is 19.0. The summed E-state index contributed by atoms with van der Waals surface area (Å²) in [5.74, 6) is -0.670. The molecule has 1 amide bonds. The molecule has 136 valence electrons. The van der Waals surface area contributed by atoms with Crippen molar-refractivity contribution in [3.63, 3.8) is 0 Å². The van der Waals surface area contributed by atoms with Crippen molar-refractivity contribution in [2.75, 3.05) is 6.61 Å². The van der Waals surface area contributed by atoms with Crippen LogP contribution in [0.4, 0.5) is 0 Å². The topological polar surface area (TPSA) is 60.7 Å². The molecule has 3 aromatic rings. The van der Waals surface area contributed by atoms with Crippen LogP contribution in [0.3, 0.4) is 0 Å². The Labute approximate surface area is 167 Å². The molecule has 0 radical (unpaired) electrons. The van der Waals surface area contributed by atoms with Crippen molar-refractivity contribution in [2.45, 2.75) is 27.3 Å². The number of esters is 1. The fourth-order valence-electron chi connectivity index (χ4n) is 2.47. The van der Waals surface area contributed by atoms with Gasteiger partial charge in [-0.15, -0.1) is 11.3 Å². The molecule has 0 atom stereocenters. The summed E-state index contributed by atoms with van der Waals surface area (Å²) >= 11 is 6.08. The second-order valence-corrected chi connectivity index (χ2v) is 9.17. The lowest BCUT2D eigenvalue weighted by atomic mass is 10.1. The van der Waals surface area contributed by atoms with Gasteiger partial charge in [0.05, 0.1) is 25.5 Å². The number of hydrogen-bond acceptors (Lipinski definition) is 5. The number of carbonyl (C=O) groups excluding carboxylic acids is 2. The van der Waals surface area contributed by atoms with Gasteiger partial charge in [0.25, 0.3) is 5.91 Å². The van der Waals surface area contributed by atoms with Crippen molar-refractivity contribution in [1.29, 1.82) is 0 Å². The molecule has 2 aromatic heterocycles. The zero-order valence-electron chi connectivity index (χ0n) is 14.5. The minimum atomic E-state index is -0.349. The summed E-state index contributed by atoms with van der Waals surface area (Å²) < 4.78 is 8.69. The maximum Gasteiger partial charge on any atom is 0.326 e. The normalized spacial score (nSPS) is 11.9. The van der Waals surface area contributed by atoms with Crippen LogP contribution < -0.4 is 4.80 Å². The maximum absolute atomic E-state index is 12.5. The number of nitrogens with zero attached hydrogens (tertiary/aromatic N) is 2. The smallest absolute Gasteiger partial charge is 0.326 e. The molecule has 0 unspecified atom stereocenters. The highest BCUT2D eigenvalue weighted by molar-refractivity contribution is 9.11. The Kier molecular flexibility index (Phi) is 5.74. The first-order chi connectivity index (χ1) is 12.4. The number of rotatable bonds is 4. The third-order valence-electron chi connectivity index (χ3n) is 3.87. The average molecular weight is 453 g/mol. The van der Waals surface area contributed by atoms with Crippen LogP contribution in [0.15, 0.2) is 33.0 Å². The maximum atomic E-state index is 12.5. The van der Waals surface area contributed by atoms with E-state index in [1.54, 1.807) is 17.6 Å². The number of carbonyl (C=O) groups is 2. The van der Waals surface area contributed by atoms with Crippen LogP contribution in [0, 0.1) is 13.8 Å². The summed E-state index contributed by atoms with van der Waals surface area (Å²) in [6, 6.07) is 7.63. The summed E-state index contributed by atoms with van der Waals surface area (Å²) in [6.07, 6.45) is 0. The molecule has 3 rings (SSSR count). The third-order valence-corrected chi connectivity index (χ3v) is 6.52. The SMILES string of the molecule is CCOC(=O)Cn1c(=NC(=O)c2ccc(Br)s2)sc2cc(C)c(C)cc21. The van der Waals surface area contributed by atoms with Gasteiger partial charge in [0.15, 0.2) is 4.80 Å². The molecule has 0 spiro atoms. The molecule has 5 nitrogen and oxygen atoms in total. The number of ether oxygens (including phenoxy) is 1. The van der Waals surface area contributed by atoms with E-state index in [9.17, 15) is 9.59 Å². The van der Waals surface area contributed by atoms with Crippen molar-refractivity contribution in [3.05, 3.63) is 48.9 Å². The van der Waals surface area contributed by atoms with Crippen molar-refractivity contribution < 1.29 is 14.3 Å². The van der Waals surface area contributed by atoms with Gasteiger partial charge < -0.3 is 9.30 Å². The first-order valence-electron chi connectivity index (χ1n) is 7.99. The molecule has 0 aliphatic carbocycles. The van der Waals surface area contributed by atoms with Crippen LogP contribution in [0.2, 0.25) is 0 Å². The molecular weight excluding hydrogens is 436 g/mol. The standard InChI is InChI=1S/C18H17BrN2O3S2/c1-4-24-16(22)9-21-12-7-10(2)11(3)8-14(12)26-18(21)20-17(23)13-5-6-15(19)25-13/h5-8H,4,9H2,1-3H3. The summed E-state index contributed by atoms with van der Waals surface area (Å²) in [7, 11) is 0. The van der Waals surface area contributed by atoms with E-state index >= 15 is 0 Å². The van der Waals surface area contributed by atoms with Gasteiger partial charge in [-0.3, -0.25) is 9.59 Å². The Morgan fingerprint density at radius 3 is 2.58 bits per heavy atom. The molecule has 0 saturated carbocycles. The Hall–Kier alpha value is -1.77. The van der Waals surface area contributed by atoms with E-state index in [0.29, 0.717) is 16.3 Å². The number of aryl methyl sites for hydroxylation is 2. The largest absolute Gasteiger partial charge is 0.465 e. The van der Waals surface area contributed by atoms with Crippen LogP contribution in [-0.2, 0) is 16.1 Å². The quantitative estimate of drug-likeness (QED) is 0.549. The third kappa shape index (κ3) is 3.97. The second-order valence-electron chi connectivity index (χ2n) is 5.70. The number of amides is 1. The predicted molar refractivity (Wildman–Crippen MR) is 108 cm³/mol. The molecule has 0 bridgehead atoms. The van der Waals surface area contributed by atoms with E-state index in [1.165, 1.54) is 22.7 Å². The zero-order chi connectivity index (χ0) is 18.8. The number of thiazole rings is 1. The van der Waals surface area contributed by atoms with Crippen LogP contribution >= 0.6 is 38.6 Å². The number of aromatic nitrogens is 1. The van der Waals surface area contributed by atoms with Crippen molar-refractivity contribution >= 4 is 60.7 Å². The van der Waals surface area contributed by atoms with Crippen LogP contribution in [0.1, 0.15) is 27.7 Å². The van der Waals surface area contributed by atoms with E-state index in [2.05, 4.69) is 27.0 Å². The number of hydrogen-bond donors (Lipinski definition) is 0. The lowest BCUT2D eigenvalue weighted by Gasteiger charge is -2.06. The molecule has 8 heteroatoms. The molecule has 0 N–H and O–H groups in total. The van der Waals surface area contributed by atoms with Crippen molar-refractivity contribution in [2.24, 2.45) is 4.99 Å². The number of halogens is 1. The van der Waals surface area contributed by atoms with E-state index in [0.717, 1.165) is 25.1 Å². The van der Waals surface area contributed by atoms with Gasteiger partial charge >= 0.3 is 5.97 Å². The van der Waals surface area contributed by atoms with Gasteiger partial charge in [-0.1, -0.05) is 11.3 Å². The van der Waals surface area contributed by atoms with Crippen molar-refractivity contribution in [1.82, 2.24) is 4.57 Å². The Bertz CT molecular complexity index is 1060. The lowest BCUT2D eigenvalue weighted by Crippen LogP contribution is -2.23. The van der Waals surface area contributed by atoms with Crippen LogP contribution in [-0.4, -0.2) is 23.1 Å². The van der Waals surface area contributed by atoms with E-state index in [1.807, 2.05) is 26.0 Å². The highest BCUT2D eigenvalue weighted by Crippen LogP contribution is 2.24. The summed E-state index contributed by atoms with van der Waals surface area (Å²) in [5.41, 5.74) is 3.15. The Morgan fingerprint density at radius 2 is 1.92 bits per heavy atom. The van der Waals surface area contributed by atoms with E-state index in [-0.39, 0.29) is 18.4 Å². The van der Waals surface area contributed by atoms with Crippen LogP contribution in [0.25, 0.3) is 10.2 Å². The lowest BCUT2D eigenvalue weighted by molar-refractivity contribution is -0.143. The van der Waals surface area contributed by atoms with Gasteiger partial charge in [0, 0.05) is 0 Å². The highest BCUT2D eigenvalue weighted by atomic mass is 79.9. The summed E-state index contributed by atoms with van der Waals surface area (Å²) in [6.45, 7) is 6.16. The van der Waals surface area contributed by atoms with Gasteiger partial charge in [-0.2, -0.15) is 4.99 Å². The van der Waals surface area contributed by atoms with Gasteiger partial charge in [0.1, 0.15) is 6.54 Å². The van der Waals surface area contributed by atoms with Crippen molar-refractivity contribution in [3.8, 4) is 0 Å². The number of fused-ring (bicyclic) bond motifs is 1. The molecule has 26 heavy (non-hydrogen) atoms. The molecule has 0 fully saturated rings. The molecule has 0 aliphatic heterocycles. The van der Waals surface area contributed by atoms with Gasteiger partial charge in [-0.05, 0) is 72.1 Å². The summed E-state index contributed by atoms with van der Waals surface area (Å²) in [4.78, 5) is 29.9. The minimum absolute atomic E-state index is 0.0244. The average Bonchev–Trinajstić information content (AvgIpc) is 3.14. The number of thiophene rings is 1. The fourth-order valence-corrected chi connectivity index (χ4v) is 4.84. The molecule has 0 saturated heterocycles. The highest BCUT2D eigenvalue weighted by Gasteiger charge is 2.14. The van der Waals surface area contributed by atoms with E-state index < -0.39 is 0 Å². The van der Waals surface area contributed by atoms with E-state index in [4.69, 9.17) is 4.74 Å². The van der Waals surface area contributed by atoms with Gasteiger partial charge in [0.2, 0.25) is 0 Å². The monoisotopic (exact) mass is 452 g/mol.